The molecule has 4 amide bonds. The zero-order chi connectivity index (χ0) is 29.0. The molecular formula is C27H36N4O8S. The second kappa shape index (κ2) is 12.5. The number of aliphatic carboxylic acids is 1. The molecule has 3 fully saturated rings. The van der Waals surface area contributed by atoms with Crippen LogP contribution in [0.2, 0.25) is 0 Å². The molecule has 0 saturated carbocycles. The monoisotopic (exact) mass is 576 g/mol. The smallest absolute Gasteiger partial charge is 0.326 e. The Morgan fingerprint density at radius 1 is 1.00 bits per heavy atom. The number of aryl methyl sites for hydroxylation is 1. The maximum absolute atomic E-state index is 13.2. The number of hydrogen-bond acceptors (Lipinski definition) is 7. The number of piperidine rings is 1. The lowest BCUT2D eigenvalue weighted by molar-refractivity contribution is -0.143. The first-order chi connectivity index (χ1) is 19.0. The number of amides is 4. The van der Waals surface area contributed by atoms with E-state index < -0.39 is 34.0 Å². The summed E-state index contributed by atoms with van der Waals surface area (Å²) in [6, 6.07) is 3.94. The lowest BCUT2D eigenvalue weighted by atomic mass is 9.95. The fourth-order valence-electron chi connectivity index (χ4n) is 5.54. The van der Waals surface area contributed by atoms with Gasteiger partial charge in [-0.05, 0) is 57.1 Å². The summed E-state index contributed by atoms with van der Waals surface area (Å²) < 4.78 is 27.4. The predicted octanol–water partition coefficient (Wildman–Crippen LogP) is 0.885. The number of carbonyl (C=O) groups is 5. The quantitative estimate of drug-likeness (QED) is 0.388. The van der Waals surface area contributed by atoms with Crippen molar-refractivity contribution < 1.29 is 37.5 Å². The number of sulfonamides is 1. The topological polar surface area (TPSA) is 161 Å². The zero-order valence-electron chi connectivity index (χ0n) is 22.6. The van der Waals surface area contributed by atoms with Gasteiger partial charge in [-0.3, -0.25) is 24.1 Å². The molecule has 1 aromatic rings. The van der Waals surface area contributed by atoms with Crippen LogP contribution in [0.5, 0.6) is 0 Å². The molecule has 0 radical (unpaired) electrons. The van der Waals surface area contributed by atoms with Gasteiger partial charge in [-0.15, -0.1) is 0 Å². The van der Waals surface area contributed by atoms with Crippen LogP contribution in [0.1, 0.15) is 56.9 Å². The number of imide groups is 1. The van der Waals surface area contributed by atoms with Crippen LogP contribution in [0.4, 0.5) is 0 Å². The van der Waals surface area contributed by atoms with E-state index in [1.165, 1.54) is 17.0 Å². The number of rotatable bonds is 10. The Morgan fingerprint density at radius 3 is 2.23 bits per heavy atom. The Labute approximate surface area is 233 Å². The van der Waals surface area contributed by atoms with Crippen molar-refractivity contribution in [2.75, 3.05) is 26.2 Å². The van der Waals surface area contributed by atoms with Crippen molar-refractivity contribution in [3.63, 3.8) is 0 Å². The first-order valence-corrected chi connectivity index (χ1v) is 15.1. The van der Waals surface area contributed by atoms with Gasteiger partial charge in [0.05, 0.1) is 4.90 Å². The minimum absolute atomic E-state index is 0.0700. The Morgan fingerprint density at radius 2 is 1.62 bits per heavy atom. The van der Waals surface area contributed by atoms with Gasteiger partial charge in [0.2, 0.25) is 33.7 Å². The first kappa shape index (κ1) is 29.7. The highest BCUT2D eigenvalue weighted by molar-refractivity contribution is 7.89. The van der Waals surface area contributed by atoms with Crippen LogP contribution in [0.15, 0.2) is 29.2 Å². The van der Waals surface area contributed by atoms with Gasteiger partial charge in [0.1, 0.15) is 12.1 Å². The van der Waals surface area contributed by atoms with Crippen molar-refractivity contribution in [3.05, 3.63) is 29.8 Å². The van der Waals surface area contributed by atoms with E-state index in [1.807, 2.05) is 6.92 Å². The van der Waals surface area contributed by atoms with E-state index in [1.54, 1.807) is 17.0 Å². The minimum atomic E-state index is -3.94. The van der Waals surface area contributed by atoms with Gasteiger partial charge in [0, 0.05) is 45.4 Å². The van der Waals surface area contributed by atoms with Crippen molar-refractivity contribution in [2.45, 2.75) is 75.3 Å². The Hall–Kier alpha value is -3.32. The van der Waals surface area contributed by atoms with Crippen LogP contribution in [0, 0.1) is 12.8 Å². The van der Waals surface area contributed by atoms with E-state index in [2.05, 4.69) is 5.32 Å². The van der Waals surface area contributed by atoms with E-state index in [-0.39, 0.29) is 67.2 Å². The summed E-state index contributed by atoms with van der Waals surface area (Å²) in [5, 5.41) is 12.2. The van der Waals surface area contributed by atoms with Crippen LogP contribution in [0.25, 0.3) is 0 Å². The third kappa shape index (κ3) is 6.69. The molecular weight excluding hydrogens is 540 g/mol. The summed E-state index contributed by atoms with van der Waals surface area (Å²) in [5.41, 5.74) is 0.896. The average molecular weight is 577 g/mol. The number of nitrogens with one attached hydrogen (secondary N) is 1. The molecule has 3 aliphatic rings. The minimum Gasteiger partial charge on any atom is -0.480 e. The maximum Gasteiger partial charge on any atom is 0.326 e. The SMILES string of the molecule is Cc1ccc(S(=O)(=O)N2CCC[C@H]2C(=O)NC(CCC(=O)N2CCC(CN3C(=O)CCC3=O)CC2)C(=O)O)cc1. The molecule has 218 valence electrons. The Bertz CT molecular complexity index is 1240. The van der Waals surface area contributed by atoms with E-state index in [4.69, 9.17) is 0 Å². The Kier molecular flexibility index (Phi) is 9.24. The third-order valence-electron chi connectivity index (χ3n) is 7.96. The zero-order valence-corrected chi connectivity index (χ0v) is 23.4. The van der Waals surface area contributed by atoms with Gasteiger partial charge in [-0.1, -0.05) is 17.7 Å². The molecule has 4 rings (SSSR count). The fraction of sp³-hybridized carbons (Fsp3) is 0.593. The van der Waals surface area contributed by atoms with Gasteiger partial charge >= 0.3 is 5.97 Å². The van der Waals surface area contributed by atoms with Crippen LogP contribution in [-0.2, 0) is 34.0 Å². The molecule has 13 heteroatoms. The summed E-state index contributed by atoms with van der Waals surface area (Å²) >= 11 is 0. The van der Waals surface area contributed by atoms with Crippen molar-refractivity contribution in [3.8, 4) is 0 Å². The van der Waals surface area contributed by atoms with Crippen molar-refractivity contribution in [1.29, 1.82) is 0 Å². The molecule has 3 saturated heterocycles. The highest BCUT2D eigenvalue weighted by Crippen LogP contribution is 2.27. The van der Waals surface area contributed by atoms with Crippen LogP contribution in [0.3, 0.4) is 0 Å². The van der Waals surface area contributed by atoms with Gasteiger partial charge in [0.15, 0.2) is 0 Å². The summed E-state index contributed by atoms with van der Waals surface area (Å²) in [6.07, 6.45) is 2.28. The molecule has 1 aromatic carbocycles. The molecule has 3 aliphatic heterocycles. The summed E-state index contributed by atoms with van der Waals surface area (Å²) in [4.78, 5) is 64.5. The molecule has 0 aliphatic carbocycles. The molecule has 2 atom stereocenters. The van der Waals surface area contributed by atoms with Crippen molar-refractivity contribution in [1.82, 2.24) is 19.4 Å². The largest absolute Gasteiger partial charge is 0.480 e. The number of benzene rings is 1. The van der Waals surface area contributed by atoms with Crippen LogP contribution in [-0.4, -0.2) is 95.5 Å². The molecule has 3 heterocycles. The highest BCUT2D eigenvalue weighted by Gasteiger charge is 2.40. The molecule has 40 heavy (non-hydrogen) atoms. The van der Waals surface area contributed by atoms with Gasteiger partial charge in [-0.2, -0.15) is 4.31 Å². The highest BCUT2D eigenvalue weighted by atomic mass is 32.2. The summed E-state index contributed by atoms with van der Waals surface area (Å²) in [6.45, 7) is 3.24. The molecule has 0 spiro atoms. The molecule has 0 aromatic heterocycles. The van der Waals surface area contributed by atoms with Gasteiger partial charge in [-0.25, -0.2) is 13.2 Å². The third-order valence-corrected chi connectivity index (χ3v) is 9.88. The van der Waals surface area contributed by atoms with Gasteiger partial charge < -0.3 is 15.3 Å². The molecule has 0 bridgehead atoms. The summed E-state index contributed by atoms with van der Waals surface area (Å²) in [7, 11) is -3.94. The lowest BCUT2D eigenvalue weighted by Gasteiger charge is -2.33. The van der Waals surface area contributed by atoms with Gasteiger partial charge in [0.25, 0.3) is 0 Å². The number of likely N-dealkylation sites (tertiary alicyclic amines) is 2. The summed E-state index contributed by atoms with van der Waals surface area (Å²) in [5.74, 6) is -2.42. The number of carbonyl (C=O) groups excluding carboxylic acids is 4. The second-order valence-corrected chi connectivity index (χ2v) is 12.6. The van der Waals surface area contributed by atoms with Crippen molar-refractivity contribution in [2.24, 2.45) is 5.92 Å². The lowest BCUT2D eigenvalue weighted by Crippen LogP contribution is -2.51. The first-order valence-electron chi connectivity index (χ1n) is 13.7. The Balaban J connectivity index is 1.28. The average Bonchev–Trinajstić information content (AvgIpc) is 3.55. The van der Waals surface area contributed by atoms with E-state index in [0.717, 1.165) is 9.87 Å². The maximum atomic E-state index is 13.2. The standard InChI is InChI=1S/C27H36N4O8S/c1-18-4-6-20(7-5-18)40(38,39)31-14-2-3-22(31)26(35)28-21(27(36)37)8-9-23(32)29-15-12-19(13-16-29)17-30-24(33)10-11-25(30)34/h4-7,19,21-22H,2-3,8-17H2,1H3,(H,28,35)(H,36,37)/t21?,22-/m0/s1. The molecule has 1 unspecified atom stereocenters. The number of hydrogen-bond donors (Lipinski definition) is 2. The number of carboxylic acids is 1. The molecule has 12 nitrogen and oxygen atoms in total. The number of carboxylic acid groups (broad SMARTS) is 1. The van der Waals surface area contributed by atoms with E-state index >= 15 is 0 Å². The fourth-order valence-corrected chi connectivity index (χ4v) is 7.19. The van der Waals surface area contributed by atoms with Crippen LogP contribution >= 0.6 is 0 Å². The van der Waals surface area contributed by atoms with E-state index in [0.29, 0.717) is 38.9 Å². The normalized spacial score (nSPS) is 21.6. The molecule has 2 N–H and O–H groups in total. The number of nitrogens with zero attached hydrogens (tertiary/aromatic N) is 3. The van der Waals surface area contributed by atoms with Crippen molar-refractivity contribution >= 4 is 39.6 Å². The predicted molar refractivity (Wildman–Crippen MR) is 142 cm³/mol. The second-order valence-electron chi connectivity index (χ2n) is 10.7. The van der Waals surface area contributed by atoms with E-state index in [9.17, 15) is 37.5 Å². The van der Waals surface area contributed by atoms with Crippen LogP contribution < -0.4 is 5.32 Å².